The second kappa shape index (κ2) is 8.22. The Morgan fingerprint density at radius 2 is 1.96 bits per heavy atom. The van der Waals surface area contributed by atoms with Crippen molar-refractivity contribution >= 4 is 45.0 Å². The van der Waals surface area contributed by atoms with Crippen LogP contribution in [-0.4, -0.2) is 30.4 Å². The second-order valence-corrected chi connectivity index (χ2v) is 7.00. The predicted octanol–water partition coefficient (Wildman–Crippen LogP) is 2.60. The summed E-state index contributed by atoms with van der Waals surface area (Å²) in [5, 5.41) is 7.93. The second-order valence-electron chi connectivity index (χ2n) is 6.08. The molecule has 3 N–H and O–H groups in total. The van der Waals surface area contributed by atoms with Crippen molar-refractivity contribution in [2.24, 2.45) is 0 Å². The normalized spacial score (nSPS) is 15.2. The van der Waals surface area contributed by atoms with Crippen LogP contribution in [0.5, 0.6) is 5.75 Å². The van der Waals surface area contributed by atoms with Crippen LogP contribution in [0.25, 0.3) is 0 Å². The molecule has 1 aliphatic rings. The molecule has 0 bridgehead atoms. The lowest BCUT2D eigenvalue weighted by Crippen LogP contribution is -2.42. The molecule has 1 aliphatic heterocycles. The average molecular weight is 432 g/mol. The zero-order valence-corrected chi connectivity index (χ0v) is 16.1. The summed E-state index contributed by atoms with van der Waals surface area (Å²) in [6.45, 7) is 1.68. The number of halogens is 1. The lowest BCUT2D eigenvalue weighted by molar-refractivity contribution is -0.131. The van der Waals surface area contributed by atoms with E-state index in [1.807, 2.05) is 19.1 Å². The van der Waals surface area contributed by atoms with E-state index in [0.29, 0.717) is 17.1 Å². The Hall–Kier alpha value is -2.87. The number of carbonyl (C=O) groups excluding carboxylic acids is 3. The topological polar surface area (TPSA) is 96.5 Å². The number of benzene rings is 2. The monoisotopic (exact) mass is 431 g/mol. The van der Waals surface area contributed by atoms with Gasteiger partial charge in [0.05, 0.1) is 18.7 Å². The molecule has 140 valence electrons. The van der Waals surface area contributed by atoms with E-state index in [1.54, 1.807) is 30.3 Å². The molecule has 3 amide bonds. The van der Waals surface area contributed by atoms with Crippen LogP contribution < -0.4 is 20.7 Å². The summed E-state index contributed by atoms with van der Waals surface area (Å²) in [5.74, 6) is -0.678. The number of aryl methyl sites for hydroxylation is 1. The first-order valence-corrected chi connectivity index (χ1v) is 9.11. The SMILES string of the molecule is Cc1cc(Br)ccc1NC(=O)CNC(=O)CC1Oc2ccccc2NC1=O. The molecule has 0 fully saturated rings. The van der Waals surface area contributed by atoms with Crippen molar-refractivity contribution in [1.29, 1.82) is 0 Å². The smallest absolute Gasteiger partial charge is 0.266 e. The Bertz CT molecular complexity index is 900. The van der Waals surface area contributed by atoms with Crippen molar-refractivity contribution in [2.75, 3.05) is 17.2 Å². The number of anilines is 2. The van der Waals surface area contributed by atoms with E-state index in [9.17, 15) is 14.4 Å². The predicted molar refractivity (Wildman–Crippen MR) is 105 cm³/mol. The fourth-order valence-corrected chi connectivity index (χ4v) is 3.08. The molecule has 0 aliphatic carbocycles. The van der Waals surface area contributed by atoms with Gasteiger partial charge >= 0.3 is 0 Å². The van der Waals surface area contributed by atoms with Gasteiger partial charge in [0, 0.05) is 10.2 Å². The van der Waals surface area contributed by atoms with Crippen molar-refractivity contribution in [2.45, 2.75) is 19.4 Å². The summed E-state index contributed by atoms with van der Waals surface area (Å²) in [6.07, 6.45) is -1.11. The van der Waals surface area contributed by atoms with E-state index < -0.39 is 17.9 Å². The van der Waals surface area contributed by atoms with Crippen LogP contribution in [0.15, 0.2) is 46.9 Å². The lowest BCUT2D eigenvalue weighted by atomic mass is 10.1. The Kier molecular flexibility index (Phi) is 5.75. The highest BCUT2D eigenvalue weighted by Gasteiger charge is 2.29. The lowest BCUT2D eigenvalue weighted by Gasteiger charge is -2.25. The molecule has 27 heavy (non-hydrogen) atoms. The molecule has 2 aromatic rings. The quantitative estimate of drug-likeness (QED) is 0.677. The Morgan fingerprint density at radius 1 is 1.19 bits per heavy atom. The van der Waals surface area contributed by atoms with E-state index in [2.05, 4.69) is 31.9 Å². The van der Waals surface area contributed by atoms with E-state index in [-0.39, 0.29) is 18.9 Å². The van der Waals surface area contributed by atoms with Gasteiger partial charge in [-0.15, -0.1) is 0 Å². The van der Waals surface area contributed by atoms with E-state index in [1.165, 1.54) is 0 Å². The molecule has 7 nitrogen and oxygen atoms in total. The van der Waals surface area contributed by atoms with Crippen LogP contribution >= 0.6 is 15.9 Å². The first-order valence-electron chi connectivity index (χ1n) is 8.31. The first kappa shape index (κ1) is 18.9. The van der Waals surface area contributed by atoms with Gasteiger partial charge in [0.15, 0.2) is 6.10 Å². The number of rotatable bonds is 5. The average Bonchev–Trinajstić information content (AvgIpc) is 2.63. The summed E-state index contributed by atoms with van der Waals surface area (Å²) in [6, 6.07) is 12.5. The maximum absolute atomic E-state index is 12.1. The minimum atomic E-state index is -0.934. The first-order chi connectivity index (χ1) is 12.9. The van der Waals surface area contributed by atoms with E-state index >= 15 is 0 Å². The minimum Gasteiger partial charge on any atom is -0.478 e. The van der Waals surface area contributed by atoms with Gasteiger partial charge in [-0.2, -0.15) is 0 Å². The van der Waals surface area contributed by atoms with Crippen molar-refractivity contribution in [3.63, 3.8) is 0 Å². The standard InChI is InChI=1S/C19H18BrN3O4/c1-11-8-12(20)6-7-13(11)22-18(25)10-21-17(24)9-16-19(26)23-14-4-2-3-5-15(14)27-16/h2-8,16H,9-10H2,1H3,(H,21,24)(H,22,25)(H,23,26). The maximum atomic E-state index is 12.1. The Balaban J connectivity index is 1.49. The third kappa shape index (κ3) is 4.85. The van der Waals surface area contributed by atoms with Crippen molar-refractivity contribution in [3.8, 4) is 5.75 Å². The van der Waals surface area contributed by atoms with Crippen LogP contribution in [0.3, 0.4) is 0 Å². The summed E-state index contributed by atoms with van der Waals surface area (Å²) in [7, 11) is 0. The molecule has 1 atom stereocenters. The largest absolute Gasteiger partial charge is 0.478 e. The van der Waals surface area contributed by atoms with Gasteiger partial charge in [0.25, 0.3) is 5.91 Å². The van der Waals surface area contributed by atoms with Crippen LogP contribution in [-0.2, 0) is 14.4 Å². The van der Waals surface area contributed by atoms with E-state index in [4.69, 9.17) is 4.74 Å². The molecule has 0 spiro atoms. The van der Waals surface area contributed by atoms with Gasteiger partial charge in [-0.05, 0) is 42.8 Å². The van der Waals surface area contributed by atoms with Gasteiger partial charge < -0.3 is 20.7 Å². The zero-order chi connectivity index (χ0) is 19.4. The zero-order valence-electron chi connectivity index (χ0n) is 14.5. The molecular formula is C19H18BrN3O4. The molecule has 1 heterocycles. The molecule has 8 heteroatoms. The highest BCUT2D eigenvalue weighted by molar-refractivity contribution is 9.10. The third-order valence-electron chi connectivity index (χ3n) is 3.99. The number of carbonyl (C=O) groups is 3. The molecule has 3 rings (SSSR count). The van der Waals surface area contributed by atoms with Crippen LogP contribution in [0, 0.1) is 6.92 Å². The maximum Gasteiger partial charge on any atom is 0.266 e. The van der Waals surface area contributed by atoms with Crippen molar-refractivity contribution in [1.82, 2.24) is 5.32 Å². The molecule has 1 unspecified atom stereocenters. The molecule has 0 radical (unpaired) electrons. The van der Waals surface area contributed by atoms with Crippen LogP contribution in [0.2, 0.25) is 0 Å². The highest BCUT2D eigenvalue weighted by atomic mass is 79.9. The van der Waals surface area contributed by atoms with Crippen LogP contribution in [0.1, 0.15) is 12.0 Å². The van der Waals surface area contributed by atoms with Crippen LogP contribution in [0.4, 0.5) is 11.4 Å². The molecule has 0 aromatic heterocycles. The molecule has 0 saturated carbocycles. The number of amides is 3. The highest BCUT2D eigenvalue weighted by Crippen LogP contribution is 2.29. The summed E-state index contributed by atoms with van der Waals surface area (Å²) < 4.78 is 6.48. The molecular weight excluding hydrogens is 414 g/mol. The summed E-state index contributed by atoms with van der Waals surface area (Å²) in [4.78, 5) is 36.1. The number of para-hydroxylation sites is 2. The van der Waals surface area contributed by atoms with Gasteiger partial charge in [-0.3, -0.25) is 14.4 Å². The Labute approximate surface area is 164 Å². The third-order valence-corrected chi connectivity index (χ3v) is 4.48. The molecule has 0 saturated heterocycles. The van der Waals surface area contributed by atoms with Gasteiger partial charge in [-0.1, -0.05) is 28.1 Å². The van der Waals surface area contributed by atoms with Gasteiger partial charge in [0.2, 0.25) is 11.8 Å². The number of hydrogen-bond donors (Lipinski definition) is 3. The number of hydrogen-bond acceptors (Lipinski definition) is 4. The Morgan fingerprint density at radius 3 is 2.74 bits per heavy atom. The summed E-state index contributed by atoms with van der Waals surface area (Å²) >= 11 is 3.36. The molecule has 2 aromatic carbocycles. The summed E-state index contributed by atoms with van der Waals surface area (Å²) in [5.41, 5.74) is 2.14. The van der Waals surface area contributed by atoms with Gasteiger partial charge in [-0.25, -0.2) is 0 Å². The fraction of sp³-hybridized carbons (Fsp3) is 0.211. The van der Waals surface area contributed by atoms with Crippen molar-refractivity contribution < 1.29 is 19.1 Å². The van der Waals surface area contributed by atoms with Gasteiger partial charge in [0.1, 0.15) is 5.75 Å². The number of ether oxygens (including phenoxy) is 1. The minimum absolute atomic E-state index is 0.176. The fourth-order valence-electron chi connectivity index (χ4n) is 2.61. The van der Waals surface area contributed by atoms with E-state index in [0.717, 1.165) is 10.0 Å². The number of nitrogens with one attached hydrogen (secondary N) is 3. The van der Waals surface area contributed by atoms with Crippen molar-refractivity contribution in [3.05, 3.63) is 52.5 Å². The number of fused-ring (bicyclic) bond motifs is 1.